The summed E-state index contributed by atoms with van der Waals surface area (Å²) in [6, 6.07) is 6.11. The highest BCUT2D eigenvalue weighted by Gasteiger charge is 2.01. The first-order valence-electron chi connectivity index (χ1n) is 4.34. The van der Waals surface area contributed by atoms with E-state index < -0.39 is 0 Å². The van der Waals surface area contributed by atoms with E-state index in [0.717, 1.165) is 22.0 Å². The molecule has 3 N–H and O–H groups in total. The van der Waals surface area contributed by atoms with Crippen LogP contribution in [-0.2, 0) is 0 Å². The van der Waals surface area contributed by atoms with E-state index in [9.17, 15) is 0 Å². The molecule has 0 saturated heterocycles. The van der Waals surface area contributed by atoms with Crippen LogP contribution in [0.4, 0.5) is 5.69 Å². The normalized spacial score (nSPS) is 10.8. The van der Waals surface area contributed by atoms with Crippen molar-refractivity contribution in [3.8, 4) is 0 Å². The third-order valence-electron chi connectivity index (χ3n) is 1.97. The summed E-state index contributed by atoms with van der Waals surface area (Å²) >= 11 is 1.50. The van der Waals surface area contributed by atoms with Crippen molar-refractivity contribution >= 4 is 46.6 Å². The molecule has 0 spiro atoms. The van der Waals surface area contributed by atoms with Crippen LogP contribution in [0.2, 0.25) is 0 Å². The van der Waals surface area contributed by atoms with E-state index in [0.29, 0.717) is 0 Å². The summed E-state index contributed by atoms with van der Waals surface area (Å²) in [5, 5.41) is 0.724. The predicted molar refractivity (Wildman–Crippen MR) is 79.3 cm³/mol. The Morgan fingerprint density at radius 2 is 1.87 bits per heavy atom. The summed E-state index contributed by atoms with van der Waals surface area (Å²) in [5.74, 6) is 5.33. The molecule has 1 aromatic rings. The fourth-order valence-corrected chi connectivity index (χ4v) is 1.52. The van der Waals surface area contributed by atoms with Crippen molar-refractivity contribution in [2.24, 2.45) is 10.8 Å². The maximum absolute atomic E-state index is 5.33. The number of aryl methyl sites for hydroxylation is 2. The van der Waals surface area contributed by atoms with E-state index in [2.05, 4.69) is 10.4 Å². The van der Waals surface area contributed by atoms with Gasteiger partial charge in [0, 0.05) is 0 Å². The van der Waals surface area contributed by atoms with E-state index >= 15 is 0 Å². The summed E-state index contributed by atoms with van der Waals surface area (Å²) in [7, 11) is 0. The molecule has 0 fully saturated rings. The largest absolute Gasteiger partial charge is 0.303 e. The summed E-state index contributed by atoms with van der Waals surface area (Å²) < 4.78 is 0. The molecule has 3 nitrogen and oxygen atoms in total. The van der Waals surface area contributed by atoms with Crippen LogP contribution in [0.15, 0.2) is 23.2 Å². The van der Waals surface area contributed by atoms with Gasteiger partial charge in [-0.2, -0.15) is 0 Å². The second-order valence-corrected chi connectivity index (χ2v) is 3.80. The molecule has 0 saturated carbocycles. The van der Waals surface area contributed by atoms with E-state index in [-0.39, 0.29) is 24.0 Å². The highest BCUT2D eigenvalue weighted by atomic mass is 127. The van der Waals surface area contributed by atoms with Gasteiger partial charge in [-0.1, -0.05) is 30.0 Å². The Bertz CT molecular complexity index is 326. The molecule has 1 rings (SSSR count). The zero-order chi connectivity index (χ0) is 10.6. The second-order valence-electron chi connectivity index (χ2n) is 3.01. The number of nitrogens with zero attached hydrogens (tertiary/aromatic N) is 1. The minimum absolute atomic E-state index is 0. The van der Waals surface area contributed by atoms with Crippen LogP contribution in [0.1, 0.15) is 11.1 Å². The van der Waals surface area contributed by atoms with E-state index in [1.165, 1.54) is 11.8 Å². The van der Waals surface area contributed by atoms with Crippen LogP contribution in [0.5, 0.6) is 0 Å². The first kappa shape index (κ1) is 14.7. The van der Waals surface area contributed by atoms with Gasteiger partial charge in [-0.25, -0.2) is 10.8 Å². The standard InChI is InChI=1S/C10H15N3S.HI/c1-7-5-4-6-8(2)9(7)12-10(13-11)14-3;/h4-6H,11H2,1-3H3,(H,12,13);1H. The van der Waals surface area contributed by atoms with Crippen molar-refractivity contribution in [3.05, 3.63) is 29.3 Å². The van der Waals surface area contributed by atoms with E-state index in [1.807, 2.05) is 38.3 Å². The minimum atomic E-state index is 0. The number of aliphatic imine (C=N–C) groups is 1. The van der Waals surface area contributed by atoms with Gasteiger partial charge in [0.1, 0.15) is 0 Å². The highest BCUT2D eigenvalue weighted by molar-refractivity contribution is 14.0. The van der Waals surface area contributed by atoms with Gasteiger partial charge in [-0.15, -0.1) is 24.0 Å². The third kappa shape index (κ3) is 4.00. The average molecular weight is 337 g/mol. The van der Waals surface area contributed by atoms with Gasteiger partial charge in [-0.3, -0.25) is 0 Å². The van der Waals surface area contributed by atoms with Crippen LogP contribution in [0, 0.1) is 13.8 Å². The number of nitrogens with two attached hydrogens (primary N) is 1. The molecule has 0 radical (unpaired) electrons. The quantitative estimate of drug-likeness (QED) is 0.272. The molecule has 5 heteroatoms. The number of hydrazine groups is 1. The van der Waals surface area contributed by atoms with Crippen molar-refractivity contribution in [2.45, 2.75) is 13.8 Å². The van der Waals surface area contributed by atoms with Crippen molar-refractivity contribution in [1.82, 2.24) is 5.43 Å². The Morgan fingerprint density at radius 1 is 1.33 bits per heavy atom. The lowest BCUT2D eigenvalue weighted by atomic mass is 10.1. The molecule has 1 aromatic carbocycles. The Balaban J connectivity index is 0.00000196. The van der Waals surface area contributed by atoms with Gasteiger partial charge in [-0.05, 0) is 31.2 Å². The van der Waals surface area contributed by atoms with Gasteiger partial charge >= 0.3 is 0 Å². The number of rotatable bonds is 1. The number of hydrogen-bond acceptors (Lipinski definition) is 3. The lowest BCUT2D eigenvalue weighted by molar-refractivity contribution is 1.04. The number of thioether (sulfide) groups is 1. The topological polar surface area (TPSA) is 50.4 Å². The van der Waals surface area contributed by atoms with Gasteiger partial charge in [0.2, 0.25) is 0 Å². The molecule has 0 aliphatic heterocycles. The molecular formula is C10H16IN3S. The van der Waals surface area contributed by atoms with Gasteiger partial charge < -0.3 is 5.43 Å². The van der Waals surface area contributed by atoms with Gasteiger partial charge in [0.05, 0.1) is 5.69 Å². The van der Waals surface area contributed by atoms with Crippen molar-refractivity contribution in [1.29, 1.82) is 0 Å². The minimum Gasteiger partial charge on any atom is -0.303 e. The van der Waals surface area contributed by atoms with Crippen LogP contribution >= 0.6 is 35.7 Å². The smallest absolute Gasteiger partial charge is 0.175 e. The van der Waals surface area contributed by atoms with Crippen molar-refractivity contribution in [2.75, 3.05) is 6.26 Å². The zero-order valence-electron chi connectivity index (χ0n) is 9.07. The first-order valence-corrected chi connectivity index (χ1v) is 5.57. The predicted octanol–water partition coefficient (Wildman–Crippen LogP) is 2.74. The highest BCUT2D eigenvalue weighted by Crippen LogP contribution is 2.23. The summed E-state index contributed by atoms with van der Waals surface area (Å²) in [6.07, 6.45) is 1.94. The molecule has 0 unspecified atom stereocenters. The summed E-state index contributed by atoms with van der Waals surface area (Å²) in [4.78, 5) is 4.44. The third-order valence-corrected chi connectivity index (χ3v) is 2.57. The lowest BCUT2D eigenvalue weighted by Crippen LogP contribution is -2.27. The number of amidine groups is 1. The number of para-hydroxylation sites is 1. The molecular weight excluding hydrogens is 321 g/mol. The fourth-order valence-electron chi connectivity index (χ4n) is 1.22. The van der Waals surface area contributed by atoms with E-state index in [1.54, 1.807) is 0 Å². The van der Waals surface area contributed by atoms with Crippen LogP contribution < -0.4 is 11.3 Å². The Labute approximate surface area is 112 Å². The first-order chi connectivity index (χ1) is 6.69. The SMILES string of the molecule is CSC(=Nc1c(C)cccc1C)NN.I. The Kier molecular flexibility index (Phi) is 6.95. The molecule has 0 aliphatic rings. The summed E-state index contributed by atoms with van der Waals surface area (Å²) in [6.45, 7) is 4.08. The fraction of sp³-hybridized carbons (Fsp3) is 0.300. The van der Waals surface area contributed by atoms with E-state index in [4.69, 9.17) is 5.84 Å². The number of hydrogen-bond donors (Lipinski definition) is 2. The second kappa shape index (κ2) is 7.08. The van der Waals surface area contributed by atoms with Gasteiger partial charge in [0.15, 0.2) is 5.17 Å². The number of halogens is 1. The van der Waals surface area contributed by atoms with Crippen LogP contribution in [0.25, 0.3) is 0 Å². The monoisotopic (exact) mass is 337 g/mol. The van der Waals surface area contributed by atoms with Crippen LogP contribution in [-0.4, -0.2) is 11.4 Å². The number of benzene rings is 1. The van der Waals surface area contributed by atoms with Crippen LogP contribution in [0.3, 0.4) is 0 Å². The maximum atomic E-state index is 5.33. The zero-order valence-corrected chi connectivity index (χ0v) is 12.2. The Morgan fingerprint density at radius 3 is 2.27 bits per heavy atom. The molecule has 0 heterocycles. The molecule has 0 aliphatic carbocycles. The summed E-state index contributed by atoms with van der Waals surface area (Å²) in [5.41, 5.74) is 5.88. The maximum Gasteiger partial charge on any atom is 0.175 e. The Hall–Kier alpha value is -0.270. The molecule has 15 heavy (non-hydrogen) atoms. The number of nitrogens with one attached hydrogen (secondary N) is 1. The lowest BCUT2D eigenvalue weighted by Gasteiger charge is -2.06. The molecule has 0 atom stereocenters. The molecule has 0 amide bonds. The molecule has 84 valence electrons. The van der Waals surface area contributed by atoms with Gasteiger partial charge in [0.25, 0.3) is 0 Å². The average Bonchev–Trinajstić information content (AvgIpc) is 2.18. The van der Waals surface area contributed by atoms with Crippen molar-refractivity contribution < 1.29 is 0 Å². The van der Waals surface area contributed by atoms with Crippen molar-refractivity contribution in [3.63, 3.8) is 0 Å². The molecule has 0 aromatic heterocycles. The molecule has 0 bridgehead atoms.